The van der Waals surface area contributed by atoms with Crippen LogP contribution in [0.15, 0.2) is 27.8 Å². The highest BCUT2D eigenvalue weighted by Crippen LogP contribution is 2.38. The van der Waals surface area contributed by atoms with Crippen LogP contribution in [-0.2, 0) is 17.8 Å². The van der Waals surface area contributed by atoms with E-state index in [4.69, 9.17) is 21.1 Å². The van der Waals surface area contributed by atoms with Gasteiger partial charge in [-0.3, -0.25) is 13.9 Å². The zero-order valence-corrected chi connectivity index (χ0v) is 16.6. The van der Waals surface area contributed by atoms with Crippen molar-refractivity contribution in [2.24, 2.45) is 0 Å². The van der Waals surface area contributed by atoms with Crippen LogP contribution in [-0.4, -0.2) is 30.0 Å². The number of hydrogen-bond donors (Lipinski definition) is 0. The summed E-state index contributed by atoms with van der Waals surface area (Å²) >= 11 is 7.42. The molecule has 0 spiro atoms. The van der Waals surface area contributed by atoms with Crippen LogP contribution >= 0.6 is 22.9 Å². The van der Waals surface area contributed by atoms with E-state index < -0.39 is 5.82 Å². The zero-order valence-electron chi connectivity index (χ0n) is 15.0. The molecule has 6 nitrogen and oxygen atoms in total. The highest BCUT2D eigenvalue weighted by atomic mass is 35.5. The molecule has 27 heavy (non-hydrogen) atoms. The molecule has 0 saturated carbocycles. The van der Waals surface area contributed by atoms with Gasteiger partial charge in [0.15, 0.2) is 11.6 Å². The Balaban J connectivity index is 2.31. The van der Waals surface area contributed by atoms with Crippen molar-refractivity contribution in [3.8, 4) is 16.2 Å². The maximum absolute atomic E-state index is 13.9. The van der Waals surface area contributed by atoms with E-state index >= 15 is 0 Å². The van der Waals surface area contributed by atoms with Crippen molar-refractivity contribution in [3.05, 3.63) is 49.9 Å². The molecule has 0 N–H and O–H groups in total. The summed E-state index contributed by atoms with van der Waals surface area (Å²) in [6.07, 6.45) is 0. The molecule has 2 heterocycles. The van der Waals surface area contributed by atoms with Crippen LogP contribution in [0.25, 0.3) is 20.7 Å². The fraction of sp³-hybridized carbons (Fsp3) is 0.333. The van der Waals surface area contributed by atoms with Crippen molar-refractivity contribution in [2.75, 3.05) is 20.8 Å². The number of fused-ring (bicyclic) bond motifs is 1. The Morgan fingerprint density at radius 3 is 2.56 bits per heavy atom. The molecule has 0 unspecified atom stereocenters. The summed E-state index contributed by atoms with van der Waals surface area (Å²) in [5, 5.41) is 0.196. The maximum Gasteiger partial charge on any atom is 0.331 e. The SMILES string of the molecule is CCn1c(=O)c2sc(-c3cc(OC)c(F)cc3Cl)cc2n(CCOC)c1=O. The molecule has 0 aliphatic heterocycles. The van der Waals surface area contributed by atoms with Gasteiger partial charge in [-0.2, -0.15) is 0 Å². The summed E-state index contributed by atoms with van der Waals surface area (Å²) in [5.74, 6) is -0.521. The lowest BCUT2D eigenvalue weighted by molar-refractivity contribution is 0.186. The molecular formula is C18H18ClFN2O4S. The summed E-state index contributed by atoms with van der Waals surface area (Å²) in [7, 11) is 2.91. The molecule has 0 radical (unpaired) electrons. The number of aromatic nitrogens is 2. The predicted octanol–water partition coefficient (Wildman–Crippen LogP) is 3.36. The van der Waals surface area contributed by atoms with E-state index in [0.29, 0.717) is 33.8 Å². The summed E-state index contributed by atoms with van der Waals surface area (Å²) in [5.41, 5.74) is 0.294. The van der Waals surface area contributed by atoms with E-state index in [2.05, 4.69) is 0 Å². The molecule has 0 bridgehead atoms. The van der Waals surface area contributed by atoms with Gasteiger partial charge in [0.1, 0.15) is 4.70 Å². The molecule has 0 saturated heterocycles. The minimum Gasteiger partial charge on any atom is -0.494 e. The summed E-state index contributed by atoms with van der Waals surface area (Å²) < 4.78 is 27.1. The molecule has 9 heteroatoms. The predicted molar refractivity (Wildman–Crippen MR) is 105 cm³/mol. The Morgan fingerprint density at radius 2 is 1.93 bits per heavy atom. The van der Waals surface area contributed by atoms with Gasteiger partial charge in [0, 0.05) is 24.1 Å². The van der Waals surface area contributed by atoms with E-state index in [0.717, 1.165) is 0 Å². The van der Waals surface area contributed by atoms with Gasteiger partial charge in [0.05, 0.1) is 30.8 Å². The smallest absolute Gasteiger partial charge is 0.331 e. The van der Waals surface area contributed by atoms with Crippen molar-refractivity contribution < 1.29 is 13.9 Å². The third-order valence-electron chi connectivity index (χ3n) is 4.25. The van der Waals surface area contributed by atoms with E-state index in [1.165, 1.54) is 39.7 Å². The number of thiophene rings is 1. The Hall–Kier alpha value is -2.16. The number of nitrogens with zero attached hydrogens (tertiary/aromatic N) is 2. The van der Waals surface area contributed by atoms with Gasteiger partial charge in [-0.05, 0) is 25.1 Å². The quantitative estimate of drug-likeness (QED) is 0.622. The van der Waals surface area contributed by atoms with Crippen molar-refractivity contribution in [1.29, 1.82) is 0 Å². The second-order valence-electron chi connectivity index (χ2n) is 5.77. The number of benzene rings is 1. The first kappa shape index (κ1) is 19.6. The van der Waals surface area contributed by atoms with Gasteiger partial charge < -0.3 is 9.47 Å². The Labute approximate surface area is 163 Å². The highest BCUT2D eigenvalue weighted by Gasteiger charge is 2.19. The maximum atomic E-state index is 13.9. The average Bonchev–Trinajstić information content (AvgIpc) is 3.07. The van der Waals surface area contributed by atoms with E-state index in [9.17, 15) is 14.0 Å². The van der Waals surface area contributed by atoms with Crippen LogP contribution in [0.3, 0.4) is 0 Å². The van der Waals surface area contributed by atoms with Gasteiger partial charge in [0.25, 0.3) is 5.56 Å². The Kier molecular flexibility index (Phi) is 5.69. The summed E-state index contributed by atoms with van der Waals surface area (Å²) in [6.45, 7) is 2.64. The first-order valence-corrected chi connectivity index (χ1v) is 9.41. The molecule has 1 aromatic carbocycles. The van der Waals surface area contributed by atoms with Crippen LogP contribution < -0.4 is 16.0 Å². The number of halogens is 2. The Morgan fingerprint density at radius 1 is 1.19 bits per heavy atom. The molecule has 144 valence electrons. The lowest BCUT2D eigenvalue weighted by Gasteiger charge is -2.10. The fourth-order valence-electron chi connectivity index (χ4n) is 2.88. The largest absolute Gasteiger partial charge is 0.494 e. The molecule has 0 amide bonds. The third kappa shape index (κ3) is 3.40. The van der Waals surface area contributed by atoms with E-state index in [-0.39, 0.29) is 28.6 Å². The standard InChI is InChI=1S/C18H18ClFN2O4S/c1-4-21-17(23)16-13(22(18(21)24)5-6-25-2)9-15(27-16)10-7-14(26-3)12(20)8-11(10)19/h7-9H,4-6H2,1-3H3. The summed E-state index contributed by atoms with van der Waals surface area (Å²) in [4.78, 5) is 26.0. The van der Waals surface area contributed by atoms with E-state index in [1.807, 2.05) is 0 Å². The molecular weight excluding hydrogens is 395 g/mol. The lowest BCUT2D eigenvalue weighted by Crippen LogP contribution is -2.39. The molecule has 0 fully saturated rings. The zero-order chi connectivity index (χ0) is 19.7. The number of rotatable bonds is 6. The first-order valence-electron chi connectivity index (χ1n) is 8.22. The van der Waals surface area contributed by atoms with Gasteiger partial charge in [-0.15, -0.1) is 11.3 Å². The monoisotopic (exact) mass is 412 g/mol. The second kappa shape index (κ2) is 7.84. The van der Waals surface area contributed by atoms with Crippen molar-refractivity contribution in [2.45, 2.75) is 20.0 Å². The molecule has 0 aliphatic rings. The first-order chi connectivity index (χ1) is 12.9. The fourth-order valence-corrected chi connectivity index (χ4v) is 4.33. The van der Waals surface area contributed by atoms with Gasteiger partial charge in [0.2, 0.25) is 0 Å². The van der Waals surface area contributed by atoms with Crippen LogP contribution in [0.2, 0.25) is 5.02 Å². The minimum absolute atomic E-state index is 0.0506. The van der Waals surface area contributed by atoms with Crippen molar-refractivity contribution in [3.63, 3.8) is 0 Å². The molecule has 3 rings (SSSR count). The lowest BCUT2D eigenvalue weighted by atomic mass is 10.1. The minimum atomic E-state index is -0.572. The van der Waals surface area contributed by atoms with Gasteiger partial charge in [-0.1, -0.05) is 11.6 Å². The number of hydrogen-bond acceptors (Lipinski definition) is 5. The van der Waals surface area contributed by atoms with Crippen molar-refractivity contribution in [1.82, 2.24) is 9.13 Å². The molecule has 0 atom stereocenters. The molecule has 3 aromatic rings. The summed E-state index contributed by atoms with van der Waals surface area (Å²) in [6, 6.07) is 4.37. The highest BCUT2D eigenvalue weighted by molar-refractivity contribution is 7.22. The molecule has 0 aliphatic carbocycles. The topological polar surface area (TPSA) is 62.5 Å². The van der Waals surface area contributed by atoms with Crippen molar-refractivity contribution >= 4 is 33.2 Å². The van der Waals surface area contributed by atoms with Crippen LogP contribution in [0.5, 0.6) is 5.75 Å². The third-order valence-corrected chi connectivity index (χ3v) is 5.70. The molecule has 2 aromatic heterocycles. The van der Waals surface area contributed by atoms with Gasteiger partial charge in [-0.25, -0.2) is 9.18 Å². The van der Waals surface area contributed by atoms with Crippen LogP contribution in [0.4, 0.5) is 4.39 Å². The normalized spacial score (nSPS) is 11.3. The van der Waals surface area contributed by atoms with Crippen LogP contribution in [0, 0.1) is 5.82 Å². The second-order valence-corrected chi connectivity index (χ2v) is 7.23. The van der Waals surface area contributed by atoms with Gasteiger partial charge >= 0.3 is 5.69 Å². The van der Waals surface area contributed by atoms with Crippen LogP contribution in [0.1, 0.15) is 6.92 Å². The van der Waals surface area contributed by atoms with E-state index in [1.54, 1.807) is 20.1 Å². The Bertz CT molecular complexity index is 1120. The number of methoxy groups -OCH3 is 2. The average molecular weight is 413 g/mol. The number of ether oxygens (including phenoxy) is 2.